The topological polar surface area (TPSA) is 120 Å². The standard InChI is InChI=1S/C17H18N4O4/c1-3-25-14-7-5-4-6-13(14)19-20-15-11(2)12(10-18)16(23)21(8-9-22)17(15)24/h4-7,22-23H,3,8-9H2,1-2H3. The second-order valence-electron chi connectivity index (χ2n) is 5.07. The molecule has 0 amide bonds. The van der Waals surface area contributed by atoms with E-state index in [0.29, 0.717) is 18.0 Å². The molecule has 0 aliphatic carbocycles. The van der Waals surface area contributed by atoms with Crippen LogP contribution in [0.2, 0.25) is 0 Å². The number of rotatable bonds is 6. The maximum Gasteiger partial charge on any atom is 0.281 e. The number of nitrogens with zero attached hydrogens (tertiary/aromatic N) is 4. The minimum Gasteiger partial charge on any atom is -0.493 e. The van der Waals surface area contributed by atoms with Crippen molar-refractivity contribution in [3.63, 3.8) is 0 Å². The van der Waals surface area contributed by atoms with Gasteiger partial charge >= 0.3 is 0 Å². The zero-order valence-electron chi connectivity index (χ0n) is 13.9. The van der Waals surface area contributed by atoms with Crippen LogP contribution >= 0.6 is 0 Å². The highest BCUT2D eigenvalue weighted by atomic mass is 16.5. The molecule has 0 saturated heterocycles. The fourth-order valence-corrected chi connectivity index (χ4v) is 2.29. The summed E-state index contributed by atoms with van der Waals surface area (Å²) in [6.45, 7) is 3.27. The molecule has 0 atom stereocenters. The quantitative estimate of drug-likeness (QED) is 0.782. The molecule has 2 N–H and O–H groups in total. The summed E-state index contributed by atoms with van der Waals surface area (Å²) in [5.74, 6) is 0.0223. The number of benzene rings is 1. The van der Waals surface area contributed by atoms with Gasteiger partial charge in [-0.1, -0.05) is 12.1 Å². The van der Waals surface area contributed by atoms with E-state index in [2.05, 4.69) is 10.2 Å². The number of aromatic hydroxyl groups is 1. The van der Waals surface area contributed by atoms with Crippen molar-refractivity contribution >= 4 is 11.4 Å². The molecule has 2 rings (SSSR count). The van der Waals surface area contributed by atoms with Gasteiger partial charge in [-0.05, 0) is 26.0 Å². The van der Waals surface area contributed by atoms with Crippen LogP contribution in [0.3, 0.4) is 0 Å². The molecular formula is C17H18N4O4. The van der Waals surface area contributed by atoms with Crippen LogP contribution in [0.5, 0.6) is 11.6 Å². The SMILES string of the molecule is CCOc1ccccc1N=Nc1c(C)c(C#N)c(O)n(CCO)c1=O. The summed E-state index contributed by atoms with van der Waals surface area (Å²) >= 11 is 0. The number of hydrogen-bond acceptors (Lipinski definition) is 7. The molecule has 0 saturated carbocycles. The van der Waals surface area contributed by atoms with E-state index in [1.54, 1.807) is 24.3 Å². The van der Waals surface area contributed by atoms with Crippen LogP contribution in [0.4, 0.5) is 11.4 Å². The third-order valence-electron chi connectivity index (χ3n) is 3.52. The van der Waals surface area contributed by atoms with E-state index in [1.807, 2.05) is 13.0 Å². The predicted molar refractivity (Wildman–Crippen MR) is 90.7 cm³/mol. The Kier molecular flexibility index (Phi) is 5.87. The molecular weight excluding hydrogens is 324 g/mol. The Hall–Kier alpha value is -3.18. The first-order valence-corrected chi connectivity index (χ1v) is 7.66. The maximum atomic E-state index is 12.5. The Morgan fingerprint density at radius 2 is 2.04 bits per heavy atom. The number of aromatic nitrogens is 1. The summed E-state index contributed by atoms with van der Waals surface area (Å²) in [6, 6.07) is 8.80. The van der Waals surface area contributed by atoms with Crippen LogP contribution < -0.4 is 10.3 Å². The van der Waals surface area contributed by atoms with Gasteiger partial charge in [-0.15, -0.1) is 10.2 Å². The Balaban J connectivity index is 2.59. The summed E-state index contributed by atoms with van der Waals surface area (Å²) in [5.41, 5.74) is -0.143. The van der Waals surface area contributed by atoms with Crippen molar-refractivity contribution in [2.24, 2.45) is 10.2 Å². The molecule has 0 fully saturated rings. The van der Waals surface area contributed by atoms with Gasteiger partial charge in [-0.3, -0.25) is 9.36 Å². The Bertz CT molecular complexity index is 897. The van der Waals surface area contributed by atoms with Crippen molar-refractivity contribution < 1.29 is 14.9 Å². The van der Waals surface area contributed by atoms with Gasteiger partial charge in [0.1, 0.15) is 23.1 Å². The second-order valence-corrected chi connectivity index (χ2v) is 5.07. The van der Waals surface area contributed by atoms with Gasteiger partial charge in [0, 0.05) is 5.56 Å². The van der Waals surface area contributed by atoms with Crippen molar-refractivity contribution in [1.29, 1.82) is 5.26 Å². The van der Waals surface area contributed by atoms with Gasteiger partial charge in [-0.2, -0.15) is 5.26 Å². The fourth-order valence-electron chi connectivity index (χ4n) is 2.29. The maximum absolute atomic E-state index is 12.5. The van der Waals surface area contributed by atoms with E-state index in [-0.39, 0.29) is 30.0 Å². The average Bonchev–Trinajstić information content (AvgIpc) is 2.60. The Morgan fingerprint density at radius 1 is 1.32 bits per heavy atom. The molecule has 0 radical (unpaired) electrons. The molecule has 0 spiro atoms. The molecule has 8 heteroatoms. The van der Waals surface area contributed by atoms with Crippen LogP contribution in [0.15, 0.2) is 39.3 Å². The summed E-state index contributed by atoms with van der Waals surface area (Å²) < 4.78 is 6.35. The summed E-state index contributed by atoms with van der Waals surface area (Å²) in [7, 11) is 0. The van der Waals surface area contributed by atoms with Crippen molar-refractivity contribution in [2.45, 2.75) is 20.4 Å². The van der Waals surface area contributed by atoms with Crippen LogP contribution in [-0.2, 0) is 6.54 Å². The van der Waals surface area contributed by atoms with Gasteiger partial charge in [0.25, 0.3) is 5.56 Å². The van der Waals surface area contributed by atoms with Gasteiger partial charge in [0.15, 0.2) is 5.69 Å². The molecule has 0 bridgehead atoms. The number of aliphatic hydroxyl groups excluding tert-OH is 1. The summed E-state index contributed by atoms with van der Waals surface area (Å²) in [5, 5.41) is 36.4. The zero-order valence-corrected chi connectivity index (χ0v) is 13.9. The first-order chi connectivity index (χ1) is 12.0. The average molecular weight is 342 g/mol. The molecule has 1 aromatic carbocycles. The monoisotopic (exact) mass is 342 g/mol. The highest BCUT2D eigenvalue weighted by molar-refractivity contribution is 5.57. The van der Waals surface area contributed by atoms with Gasteiger partial charge < -0.3 is 14.9 Å². The largest absolute Gasteiger partial charge is 0.493 e. The number of pyridine rings is 1. The van der Waals surface area contributed by atoms with Gasteiger partial charge in [0.2, 0.25) is 5.88 Å². The van der Waals surface area contributed by atoms with E-state index < -0.39 is 11.4 Å². The Morgan fingerprint density at radius 3 is 2.68 bits per heavy atom. The van der Waals surface area contributed by atoms with E-state index in [0.717, 1.165) is 4.57 Å². The zero-order chi connectivity index (χ0) is 18.4. The number of azo groups is 1. The number of nitriles is 1. The molecule has 1 aromatic heterocycles. The molecule has 0 aliphatic rings. The fraction of sp³-hybridized carbons (Fsp3) is 0.294. The lowest BCUT2D eigenvalue weighted by atomic mass is 10.1. The second kappa shape index (κ2) is 8.08. The first-order valence-electron chi connectivity index (χ1n) is 7.66. The molecule has 0 unspecified atom stereocenters. The van der Waals surface area contributed by atoms with Crippen molar-refractivity contribution in [1.82, 2.24) is 4.57 Å². The number of ether oxygens (including phenoxy) is 1. The molecule has 1 heterocycles. The number of aliphatic hydroxyl groups is 1. The molecule has 25 heavy (non-hydrogen) atoms. The summed E-state index contributed by atoms with van der Waals surface area (Å²) in [4.78, 5) is 12.5. The summed E-state index contributed by atoms with van der Waals surface area (Å²) in [6.07, 6.45) is 0. The number of para-hydroxylation sites is 1. The van der Waals surface area contributed by atoms with Crippen LogP contribution in [-0.4, -0.2) is 28.0 Å². The third kappa shape index (κ3) is 3.67. The smallest absolute Gasteiger partial charge is 0.281 e. The lowest BCUT2D eigenvalue weighted by molar-refractivity contribution is 0.263. The lowest BCUT2D eigenvalue weighted by Crippen LogP contribution is -2.23. The van der Waals surface area contributed by atoms with Crippen molar-refractivity contribution in [3.8, 4) is 17.7 Å². The van der Waals surface area contributed by atoms with E-state index >= 15 is 0 Å². The van der Waals surface area contributed by atoms with Crippen LogP contribution in [0.1, 0.15) is 18.1 Å². The number of hydrogen-bond donors (Lipinski definition) is 2. The first kappa shape index (κ1) is 18.2. The van der Waals surface area contributed by atoms with Gasteiger partial charge in [-0.25, -0.2) is 0 Å². The third-order valence-corrected chi connectivity index (χ3v) is 3.52. The molecule has 130 valence electrons. The highest BCUT2D eigenvalue weighted by Gasteiger charge is 2.19. The predicted octanol–water partition coefficient (Wildman–Crippen LogP) is 2.54. The highest BCUT2D eigenvalue weighted by Crippen LogP contribution is 2.30. The molecule has 8 nitrogen and oxygen atoms in total. The minimum atomic E-state index is -0.638. The Labute approximate surface area is 144 Å². The normalized spacial score (nSPS) is 10.8. The van der Waals surface area contributed by atoms with Crippen LogP contribution in [0, 0.1) is 18.3 Å². The van der Waals surface area contributed by atoms with Gasteiger partial charge in [0.05, 0.1) is 19.8 Å². The molecule has 2 aromatic rings. The van der Waals surface area contributed by atoms with E-state index in [9.17, 15) is 15.2 Å². The minimum absolute atomic E-state index is 0.0749. The lowest BCUT2D eigenvalue weighted by Gasteiger charge is -2.11. The van der Waals surface area contributed by atoms with E-state index in [1.165, 1.54) is 6.92 Å². The van der Waals surface area contributed by atoms with E-state index in [4.69, 9.17) is 9.84 Å². The van der Waals surface area contributed by atoms with Crippen molar-refractivity contribution in [2.75, 3.05) is 13.2 Å². The van der Waals surface area contributed by atoms with Crippen molar-refractivity contribution in [3.05, 3.63) is 45.7 Å². The molecule has 0 aliphatic heterocycles. The van der Waals surface area contributed by atoms with Crippen LogP contribution in [0.25, 0.3) is 0 Å².